The third-order valence-corrected chi connectivity index (χ3v) is 4.07. The Kier molecular flexibility index (Phi) is 4.96. The predicted molar refractivity (Wildman–Crippen MR) is 77.9 cm³/mol. The van der Waals surface area contributed by atoms with Gasteiger partial charge in [-0.1, -0.05) is 34.1 Å². The van der Waals surface area contributed by atoms with Gasteiger partial charge in [0.15, 0.2) is 0 Å². The highest BCUT2D eigenvalue weighted by Gasteiger charge is 2.28. The summed E-state index contributed by atoms with van der Waals surface area (Å²) < 4.78 is 1.06. The van der Waals surface area contributed by atoms with Crippen LogP contribution in [-0.4, -0.2) is 35.7 Å². The predicted octanol–water partition coefficient (Wildman–Crippen LogP) is 1.22. The maximum Gasteiger partial charge on any atom is 0.237 e. The topological polar surface area (TPSA) is 61.4 Å². The molecule has 1 aromatic carbocycles. The Morgan fingerprint density at radius 2 is 2.32 bits per heavy atom. The summed E-state index contributed by atoms with van der Waals surface area (Å²) in [4.78, 5) is 12.0. The Labute approximate surface area is 121 Å². The summed E-state index contributed by atoms with van der Waals surface area (Å²) in [6, 6.07) is 7.80. The highest BCUT2D eigenvalue weighted by Crippen LogP contribution is 2.17. The van der Waals surface area contributed by atoms with Crippen LogP contribution in [0.3, 0.4) is 0 Å². The normalized spacial score (nSPS) is 24.2. The third-order valence-electron chi connectivity index (χ3n) is 3.30. The standard InChI is InChI=1S/C14H19BrN2O2/c1-9(6-10-4-2-3-5-12(10)15)17-14(19)13-7-11(18)8-16-13/h2-5,9,11,13,16,18H,6-8H2,1H3,(H,17,19)/t9?,11-,13+/m0/s1. The van der Waals surface area contributed by atoms with Gasteiger partial charge in [-0.05, 0) is 31.4 Å². The van der Waals surface area contributed by atoms with E-state index in [0.29, 0.717) is 13.0 Å². The summed E-state index contributed by atoms with van der Waals surface area (Å²) in [5.74, 6) is -0.0314. The molecule has 4 nitrogen and oxygen atoms in total. The number of carbonyl (C=O) groups excluding carboxylic acids is 1. The molecule has 3 atom stereocenters. The molecule has 1 heterocycles. The number of hydrogen-bond acceptors (Lipinski definition) is 3. The van der Waals surface area contributed by atoms with Crippen molar-refractivity contribution in [1.82, 2.24) is 10.6 Å². The van der Waals surface area contributed by atoms with Gasteiger partial charge in [0.2, 0.25) is 5.91 Å². The van der Waals surface area contributed by atoms with E-state index in [9.17, 15) is 9.90 Å². The molecule has 3 N–H and O–H groups in total. The molecule has 0 saturated carbocycles. The second-order valence-electron chi connectivity index (χ2n) is 5.06. The molecule has 1 aliphatic rings. The minimum absolute atomic E-state index is 0.0314. The molecule has 1 unspecified atom stereocenters. The van der Waals surface area contributed by atoms with Crippen LogP contribution in [0.4, 0.5) is 0 Å². The number of halogens is 1. The van der Waals surface area contributed by atoms with E-state index in [0.717, 1.165) is 10.9 Å². The highest BCUT2D eigenvalue weighted by molar-refractivity contribution is 9.10. The van der Waals surface area contributed by atoms with Crippen LogP contribution >= 0.6 is 15.9 Å². The molecule has 0 aliphatic carbocycles. The molecule has 0 aromatic heterocycles. The van der Waals surface area contributed by atoms with E-state index >= 15 is 0 Å². The summed E-state index contributed by atoms with van der Waals surface area (Å²) in [6.07, 6.45) is 0.866. The molecule has 1 fully saturated rings. The zero-order chi connectivity index (χ0) is 13.8. The molecule has 0 spiro atoms. The fourth-order valence-corrected chi connectivity index (χ4v) is 2.75. The van der Waals surface area contributed by atoms with Gasteiger partial charge < -0.3 is 15.7 Å². The first-order valence-corrected chi connectivity index (χ1v) is 7.31. The molecule has 1 aliphatic heterocycles. The maximum absolute atomic E-state index is 12.0. The lowest BCUT2D eigenvalue weighted by Gasteiger charge is -2.17. The number of benzene rings is 1. The average molecular weight is 327 g/mol. The van der Waals surface area contributed by atoms with E-state index in [-0.39, 0.29) is 18.0 Å². The molecular formula is C14H19BrN2O2. The second kappa shape index (κ2) is 6.50. The molecule has 19 heavy (non-hydrogen) atoms. The van der Waals surface area contributed by atoms with Gasteiger partial charge >= 0.3 is 0 Å². The van der Waals surface area contributed by atoms with E-state index < -0.39 is 6.10 Å². The summed E-state index contributed by atoms with van der Waals surface area (Å²) in [7, 11) is 0. The van der Waals surface area contributed by atoms with Crippen molar-refractivity contribution in [2.75, 3.05) is 6.54 Å². The quantitative estimate of drug-likeness (QED) is 0.779. The summed E-state index contributed by atoms with van der Waals surface area (Å²) in [5, 5.41) is 15.4. The minimum Gasteiger partial charge on any atom is -0.392 e. The van der Waals surface area contributed by atoms with Crippen LogP contribution in [0.2, 0.25) is 0 Å². The Morgan fingerprint density at radius 1 is 1.58 bits per heavy atom. The zero-order valence-electron chi connectivity index (χ0n) is 10.9. The smallest absolute Gasteiger partial charge is 0.237 e. The van der Waals surface area contributed by atoms with E-state index in [4.69, 9.17) is 0 Å². The van der Waals surface area contributed by atoms with Gasteiger partial charge in [-0.15, -0.1) is 0 Å². The largest absolute Gasteiger partial charge is 0.392 e. The Morgan fingerprint density at radius 3 is 2.95 bits per heavy atom. The van der Waals surface area contributed by atoms with Crippen LogP contribution in [0.15, 0.2) is 28.7 Å². The monoisotopic (exact) mass is 326 g/mol. The first kappa shape index (κ1) is 14.5. The maximum atomic E-state index is 12.0. The molecule has 1 amide bonds. The molecule has 0 radical (unpaired) electrons. The number of nitrogens with one attached hydrogen (secondary N) is 2. The molecule has 0 bridgehead atoms. The van der Waals surface area contributed by atoms with E-state index in [1.165, 1.54) is 5.56 Å². The number of amides is 1. The lowest BCUT2D eigenvalue weighted by molar-refractivity contribution is -0.123. The third kappa shape index (κ3) is 4.03. The second-order valence-corrected chi connectivity index (χ2v) is 5.91. The fourth-order valence-electron chi connectivity index (χ4n) is 2.31. The number of carbonyl (C=O) groups is 1. The Bertz CT molecular complexity index is 453. The molecular weight excluding hydrogens is 308 g/mol. The number of β-amino-alcohol motifs (C(OH)–C–C–N with tert-alkyl or cyclic N) is 1. The van der Waals surface area contributed by atoms with Crippen molar-refractivity contribution in [3.8, 4) is 0 Å². The molecule has 5 heteroatoms. The van der Waals surface area contributed by atoms with Gasteiger partial charge in [0.1, 0.15) is 0 Å². The van der Waals surface area contributed by atoms with Crippen molar-refractivity contribution in [3.05, 3.63) is 34.3 Å². The van der Waals surface area contributed by atoms with Crippen LogP contribution in [0.1, 0.15) is 18.9 Å². The van der Waals surface area contributed by atoms with Gasteiger partial charge in [0.05, 0.1) is 12.1 Å². The van der Waals surface area contributed by atoms with Crippen LogP contribution in [0.5, 0.6) is 0 Å². The van der Waals surface area contributed by atoms with Crippen LogP contribution < -0.4 is 10.6 Å². The van der Waals surface area contributed by atoms with E-state index in [1.54, 1.807) is 0 Å². The minimum atomic E-state index is -0.408. The lowest BCUT2D eigenvalue weighted by Crippen LogP contribution is -2.44. The van der Waals surface area contributed by atoms with Crippen LogP contribution in [0.25, 0.3) is 0 Å². The summed E-state index contributed by atoms with van der Waals surface area (Å²) >= 11 is 3.51. The first-order valence-electron chi connectivity index (χ1n) is 6.51. The SMILES string of the molecule is CC(Cc1ccccc1Br)NC(=O)[C@H]1C[C@H](O)CN1. The summed E-state index contributed by atoms with van der Waals surface area (Å²) in [5.41, 5.74) is 1.18. The van der Waals surface area contributed by atoms with Crippen molar-refractivity contribution in [1.29, 1.82) is 0 Å². The van der Waals surface area contributed by atoms with Gasteiger partial charge in [-0.3, -0.25) is 4.79 Å². The van der Waals surface area contributed by atoms with Gasteiger partial charge in [-0.25, -0.2) is 0 Å². The molecule has 1 saturated heterocycles. The van der Waals surface area contributed by atoms with Crippen molar-refractivity contribution in [2.24, 2.45) is 0 Å². The van der Waals surface area contributed by atoms with E-state index in [2.05, 4.69) is 26.6 Å². The van der Waals surface area contributed by atoms with Crippen LogP contribution in [-0.2, 0) is 11.2 Å². The van der Waals surface area contributed by atoms with Crippen molar-refractivity contribution >= 4 is 21.8 Å². The number of hydrogen-bond donors (Lipinski definition) is 3. The molecule has 2 rings (SSSR count). The zero-order valence-corrected chi connectivity index (χ0v) is 12.5. The van der Waals surface area contributed by atoms with Gasteiger partial charge in [-0.2, -0.15) is 0 Å². The van der Waals surface area contributed by atoms with Gasteiger partial charge in [0.25, 0.3) is 0 Å². The highest BCUT2D eigenvalue weighted by atomic mass is 79.9. The fraction of sp³-hybridized carbons (Fsp3) is 0.500. The van der Waals surface area contributed by atoms with Crippen molar-refractivity contribution in [2.45, 2.75) is 38.0 Å². The number of aliphatic hydroxyl groups excluding tert-OH is 1. The molecule has 1 aromatic rings. The van der Waals surface area contributed by atoms with E-state index in [1.807, 2.05) is 31.2 Å². The number of rotatable bonds is 4. The summed E-state index contributed by atoms with van der Waals surface area (Å²) in [6.45, 7) is 2.49. The lowest BCUT2D eigenvalue weighted by atomic mass is 10.1. The average Bonchev–Trinajstić information content (AvgIpc) is 2.79. The first-order chi connectivity index (χ1) is 9.06. The van der Waals surface area contributed by atoms with Gasteiger partial charge in [0, 0.05) is 17.1 Å². The number of aliphatic hydroxyl groups is 1. The van der Waals surface area contributed by atoms with Crippen molar-refractivity contribution < 1.29 is 9.90 Å². The van der Waals surface area contributed by atoms with Crippen LogP contribution in [0, 0.1) is 0 Å². The molecule has 104 valence electrons. The van der Waals surface area contributed by atoms with Crippen molar-refractivity contribution in [3.63, 3.8) is 0 Å². The Hall–Kier alpha value is -0.910. The Balaban J connectivity index is 1.86.